The van der Waals surface area contributed by atoms with E-state index >= 15 is 0 Å². The van der Waals surface area contributed by atoms with Crippen LogP contribution in [0.1, 0.15) is 39.0 Å². The van der Waals surface area contributed by atoms with Crippen molar-refractivity contribution in [2.24, 2.45) is 5.14 Å². The van der Waals surface area contributed by atoms with E-state index in [9.17, 15) is 8.42 Å². The van der Waals surface area contributed by atoms with Gasteiger partial charge in [-0.1, -0.05) is 38.7 Å². The van der Waals surface area contributed by atoms with Crippen LogP contribution in [0.15, 0.2) is 24.3 Å². The van der Waals surface area contributed by atoms with Crippen LogP contribution in [0, 0.1) is 0 Å². The second kappa shape index (κ2) is 8.01. The maximum absolute atomic E-state index is 10.9. The molecule has 5 nitrogen and oxygen atoms in total. The van der Waals surface area contributed by atoms with E-state index in [1.165, 1.54) is 25.7 Å². The molecule has 19 heavy (non-hydrogen) atoms. The van der Waals surface area contributed by atoms with Crippen molar-refractivity contribution in [1.29, 1.82) is 0 Å². The molecule has 1 aromatic carbocycles. The van der Waals surface area contributed by atoms with Crippen LogP contribution in [0.4, 0.5) is 11.4 Å². The predicted octanol–water partition coefficient (Wildman–Crippen LogP) is 2.68. The normalized spacial score (nSPS) is 11.3. The predicted molar refractivity (Wildman–Crippen MR) is 80.4 cm³/mol. The molecule has 0 amide bonds. The summed E-state index contributed by atoms with van der Waals surface area (Å²) < 4.78 is 24.1. The molecule has 0 aliphatic rings. The lowest BCUT2D eigenvalue weighted by Gasteiger charge is -2.09. The first kappa shape index (κ1) is 15.8. The lowest BCUT2D eigenvalue weighted by molar-refractivity contribution is 0.603. The molecule has 0 saturated carbocycles. The van der Waals surface area contributed by atoms with E-state index in [2.05, 4.69) is 17.0 Å². The van der Waals surface area contributed by atoms with E-state index in [0.29, 0.717) is 5.69 Å². The van der Waals surface area contributed by atoms with Crippen molar-refractivity contribution in [2.75, 3.05) is 16.6 Å². The summed E-state index contributed by atoms with van der Waals surface area (Å²) in [4.78, 5) is 0. The lowest BCUT2D eigenvalue weighted by atomic mass is 10.1. The third-order valence-corrected chi connectivity index (χ3v) is 3.25. The Morgan fingerprint density at radius 2 is 1.79 bits per heavy atom. The Kier molecular flexibility index (Phi) is 6.66. The first-order valence-electron chi connectivity index (χ1n) is 6.66. The molecule has 0 aliphatic carbocycles. The second-order valence-corrected chi connectivity index (χ2v) is 5.86. The molecule has 0 atom stereocenters. The second-order valence-electron chi connectivity index (χ2n) is 4.57. The Bertz CT molecular complexity index is 475. The summed E-state index contributed by atoms with van der Waals surface area (Å²) in [5.41, 5.74) is 1.36. The fourth-order valence-electron chi connectivity index (χ4n) is 1.82. The first-order valence-corrected chi connectivity index (χ1v) is 8.20. The Morgan fingerprint density at radius 3 is 2.47 bits per heavy atom. The van der Waals surface area contributed by atoms with Crippen molar-refractivity contribution in [2.45, 2.75) is 39.0 Å². The SMILES string of the molecule is CCCCCCCNc1cccc(NS(N)(=O)=O)c1. The van der Waals surface area contributed by atoms with Crippen molar-refractivity contribution in [3.63, 3.8) is 0 Å². The van der Waals surface area contributed by atoms with Crippen LogP contribution in [0.2, 0.25) is 0 Å². The minimum atomic E-state index is -3.71. The summed E-state index contributed by atoms with van der Waals surface area (Å²) in [7, 11) is -3.71. The van der Waals surface area contributed by atoms with Gasteiger partial charge < -0.3 is 5.32 Å². The molecule has 0 spiro atoms. The summed E-state index contributed by atoms with van der Waals surface area (Å²) >= 11 is 0. The quantitative estimate of drug-likeness (QED) is 0.610. The molecular formula is C13H23N3O2S. The van der Waals surface area contributed by atoms with E-state index in [-0.39, 0.29) is 0 Å². The molecule has 0 radical (unpaired) electrons. The molecule has 4 N–H and O–H groups in total. The van der Waals surface area contributed by atoms with E-state index < -0.39 is 10.2 Å². The fraction of sp³-hybridized carbons (Fsp3) is 0.538. The van der Waals surface area contributed by atoms with E-state index in [1.807, 2.05) is 6.07 Å². The number of hydrogen-bond acceptors (Lipinski definition) is 3. The molecule has 0 heterocycles. The van der Waals surface area contributed by atoms with Gasteiger partial charge in [0.2, 0.25) is 0 Å². The number of benzene rings is 1. The zero-order valence-corrected chi connectivity index (χ0v) is 12.2. The third-order valence-electron chi connectivity index (χ3n) is 2.73. The largest absolute Gasteiger partial charge is 0.385 e. The number of rotatable bonds is 9. The number of unbranched alkanes of at least 4 members (excludes halogenated alkanes) is 4. The maximum Gasteiger partial charge on any atom is 0.296 e. The molecule has 6 heteroatoms. The van der Waals surface area contributed by atoms with Gasteiger partial charge in [-0.3, -0.25) is 4.72 Å². The highest BCUT2D eigenvalue weighted by Gasteiger charge is 2.02. The van der Waals surface area contributed by atoms with Gasteiger partial charge in [0.25, 0.3) is 10.2 Å². The Hall–Kier alpha value is -1.27. The molecule has 0 saturated heterocycles. The van der Waals surface area contributed by atoms with E-state index in [4.69, 9.17) is 5.14 Å². The summed E-state index contributed by atoms with van der Waals surface area (Å²) in [6.07, 6.45) is 6.14. The maximum atomic E-state index is 10.9. The van der Waals surface area contributed by atoms with Crippen LogP contribution in [0.5, 0.6) is 0 Å². The third kappa shape index (κ3) is 7.69. The van der Waals surface area contributed by atoms with Crippen LogP contribution < -0.4 is 15.2 Å². The Balaban J connectivity index is 2.36. The molecule has 108 valence electrons. The zero-order valence-electron chi connectivity index (χ0n) is 11.4. The molecule has 0 bridgehead atoms. The van der Waals surface area contributed by atoms with Gasteiger partial charge in [0.05, 0.1) is 5.69 Å². The number of nitrogens with one attached hydrogen (secondary N) is 2. The molecule has 1 aromatic rings. The molecular weight excluding hydrogens is 262 g/mol. The highest BCUT2D eigenvalue weighted by atomic mass is 32.2. The van der Waals surface area contributed by atoms with E-state index in [0.717, 1.165) is 18.7 Å². The highest BCUT2D eigenvalue weighted by Crippen LogP contribution is 2.15. The van der Waals surface area contributed by atoms with Crippen LogP contribution in [-0.4, -0.2) is 15.0 Å². The van der Waals surface area contributed by atoms with Crippen molar-refractivity contribution in [3.05, 3.63) is 24.3 Å². The number of nitrogens with two attached hydrogens (primary N) is 1. The minimum absolute atomic E-state index is 0.471. The van der Waals surface area contributed by atoms with Gasteiger partial charge >= 0.3 is 0 Å². The lowest BCUT2D eigenvalue weighted by Crippen LogP contribution is -2.21. The van der Waals surface area contributed by atoms with Gasteiger partial charge in [-0.15, -0.1) is 0 Å². The number of hydrogen-bond donors (Lipinski definition) is 3. The van der Waals surface area contributed by atoms with Crippen LogP contribution in [0.25, 0.3) is 0 Å². The molecule has 0 fully saturated rings. The van der Waals surface area contributed by atoms with Crippen LogP contribution >= 0.6 is 0 Å². The standard InChI is InChI=1S/C13H23N3O2S/c1-2-3-4-5-6-10-15-12-8-7-9-13(11-12)16-19(14,17)18/h7-9,11,15-16H,2-6,10H2,1H3,(H2,14,17,18). The van der Waals surface area contributed by atoms with Crippen molar-refractivity contribution in [3.8, 4) is 0 Å². The van der Waals surface area contributed by atoms with Crippen molar-refractivity contribution >= 4 is 21.6 Å². The average Bonchev–Trinajstić information content (AvgIpc) is 2.32. The van der Waals surface area contributed by atoms with Crippen molar-refractivity contribution < 1.29 is 8.42 Å². The molecule has 1 rings (SSSR count). The van der Waals surface area contributed by atoms with E-state index in [1.54, 1.807) is 18.2 Å². The molecule has 0 aliphatic heterocycles. The average molecular weight is 285 g/mol. The topological polar surface area (TPSA) is 84.2 Å². The van der Waals surface area contributed by atoms with Gasteiger partial charge in [0.1, 0.15) is 0 Å². The van der Waals surface area contributed by atoms with Gasteiger partial charge in [-0.25, -0.2) is 5.14 Å². The summed E-state index contributed by atoms with van der Waals surface area (Å²) in [6, 6.07) is 7.08. The molecule has 0 aromatic heterocycles. The summed E-state index contributed by atoms with van der Waals surface area (Å²) in [5.74, 6) is 0. The van der Waals surface area contributed by atoms with Gasteiger partial charge in [-0.05, 0) is 24.6 Å². The first-order chi connectivity index (χ1) is 9.01. The summed E-state index contributed by atoms with van der Waals surface area (Å²) in [5, 5.41) is 8.20. The van der Waals surface area contributed by atoms with Gasteiger partial charge in [0, 0.05) is 12.2 Å². The minimum Gasteiger partial charge on any atom is -0.385 e. The van der Waals surface area contributed by atoms with Crippen LogP contribution in [-0.2, 0) is 10.2 Å². The number of anilines is 2. The smallest absolute Gasteiger partial charge is 0.296 e. The van der Waals surface area contributed by atoms with Crippen LogP contribution in [0.3, 0.4) is 0 Å². The zero-order chi connectivity index (χ0) is 14.1. The Morgan fingerprint density at radius 1 is 1.11 bits per heavy atom. The van der Waals surface area contributed by atoms with Crippen molar-refractivity contribution in [1.82, 2.24) is 0 Å². The van der Waals surface area contributed by atoms with Gasteiger partial charge in [0.15, 0.2) is 0 Å². The monoisotopic (exact) mass is 285 g/mol. The fourth-order valence-corrected chi connectivity index (χ4v) is 2.27. The van der Waals surface area contributed by atoms with Gasteiger partial charge in [-0.2, -0.15) is 8.42 Å². The molecule has 0 unspecified atom stereocenters. The summed E-state index contributed by atoms with van der Waals surface area (Å²) in [6.45, 7) is 3.09. The Labute approximate surface area is 115 Å². The highest BCUT2D eigenvalue weighted by molar-refractivity contribution is 7.90.